The predicted octanol–water partition coefficient (Wildman–Crippen LogP) is 3.83. The minimum Gasteiger partial charge on any atom is -0.480 e. The molecule has 0 aliphatic rings. The quantitative estimate of drug-likeness (QED) is 0.802. The third-order valence-corrected chi connectivity index (χ3v) is 3.74. The van der Waals surface area contributed by atoms with Crippen molar-refractivity contribution >= 4 is 39.1 Å². The first-order chi connectivity index (χ1) is 10.9. The van der Waals surface area contributed by atoms with Crippen LogP contribution < -0.4 is 15.6 Å². The van der Waals surface area contributed by atoms with Crippen molar-refractivity contribution in [1.82, 2.24) is 4.98 Å². The molecular weight excluding hydrogens is 384 g/mol. The van der Waals surface area contributed by atoms with Gasteiger partial charge in [-0.15, -0.1) is 0 Å². The average Bonchev–Trinajstić information content (AvgIpc) is 2.48. The standard InChI is InChI=1S/C16H16BrClN2O3/c1-9(2)14(23-12-5-3-4-11(18)7-12)16(22)20-13-6-10(17)8-19-15(13)21/h3-9,14H,1-2H3,(H,19,21)(H,20,22). The fourth-order valence-electron chi connectivity index (χ4n) is 1.93. The number of rotatable bonds is 5. The molecule has 0 aliphatic carbocycles. The Labute approximate surface area is 147 Å². The number of amides is 1. The van der Waals surface area contributed by atoms with Crippen molar-refractivity contribution in [2.45, 2.75) is 20.0 Å². The van der Waals surface area contributed by atoms with E-state index >= 15 is 0 Å². The van der Waals surface area contributed by atoms with Crippen molar-refractivity contribution in [2.24, 2.45) is 5.92 Å². The van der Waals surface area contributed by atoms with Gasteiger partial charge < -0.3 is 15.0 Å². The Morgan fingerprint density at radius 2 is 2.09 bits per heavy atom. The fourth-order valence-corrected chi connectivity index (χ4v) is 2.46. The van der Waals surface area contributed by atoms with E-state index in [0.29, 0.717) is 15.2 Å². The molecule has 1 atom stereocenters. The first kappa shape index (κ1) is 17.6. The second kappa shape index (κ2) is 7.66. The van der Waals surface area contributed by atoms with Crippen molar-refractivity contribution in [3.63, 3.8) is 0 Å². The van der Waals surface area contributed by atoms with E-state index in [4.69, 9.17) is 16.3 Å². The molecule has 2 rings (SSSR count). The van der Waals surface area contributed by atoms with E-state index in [-0.39, 0.29) is 17.2 Å². The van der Waals surface area contributed by atoms with E-state index < -0.39 is 12.0 Å². The third-order valence-electron chi connectivity index (χ3n) is 3.05. The summed E-state index contributed by atoms with van der Waals surface area (Å²) in [6, 6.07) is 8.36. The van der Waals surface area contributed by atoms with Crippen LogP contribution in [0, 0.1) is 5.92 Å². The SMILES string of the molecule is CC(C)C(Oc1cccc(Cl)c1)C(=O)Nc1cc(Br)c[nH]c1=O. The highest BCUT2D eigenvalue weighted by Gasteiger charge is 2.25. The number of carbonyl (C=O) groups is 1. The monoisotopic (exact) mass is 398 g/mol. The first-order valence-corrected chi connectivity index (χ1v) is 8.15. The second-order valence-corrected chi connectivity index (χ2v) is 6.64. The Morgan fingerprint density at radius 1 is 1.35 bits per heavy atom. The van der Waals surface area contributed by atoms with Crippen LogP contribution in [0.25, 0.3) is 0 Å². The van der Waals surface area contributed by atoms with Crippen LogP contribution in [0.3, 0.4) is 0 Å². The highest BCUT2D eigenvalue weighted by Crippen LogP contribution is 2.21. The lowest BCUT2D eigenvalue weighted by Gasteiger charge is -2.21. The maximum absolute atomic E-state index is 12.5. The van der Waals surface area contributed by atoms with Crippen LogP contribution in [0.5, 0.6) is 5.75 Å². The smallest absolute Gasteiger partial charge is 0.271 e. The largest absolute Gasteiger partial charge is 0.480 e. The predicted molar refractivity (Wildman–Crippen MR) is 94.1 cm³/mol. The van der Waals surface area contributed by atoms with E-state index in [0.717, 1.165) is 0 Å². The van der Waals surface area contributed by atoms with Gasteiger partial charge in [-0.2, -0.15) is 0 Å². The summed E-state index contributed by atoms with van der Waals surface area (Å²) < 4.78 is 6.40. The van der Waals surface area contributed by atoms with E-state index in [1.54, 1.807) is 24.3 Å². The molecule has 1 amide bonds. The van der Waals surface area contributed by atoms with Crippen LogP contribution in [0.4, 0.5) is 5.69 Å². The van der Waals surface area contributed by atoms with Crippen LogP contribution in [-0.4, -0.2) is 17.0 Å². The third kappa shape index (κ3) is 4.84. The number of hydrogen-bond donors (Lipinski definition) is 2. The lowest BCUT2D eigenvalue weighted by molar-refractivity contribution is -0.124. The van der Waals surface area contributed by atoms with Crippen molar-refractivity contribution in [3.8, 4) is 5.75 Å². The molecule has 122 valence electrons. The van der Waals surface area contributed by atoms with Gasteiger partial charge in [0.15, 0.2) is 6.10 Å². The lowest BCUT2D eigenvalue weighted by Crippen LogP contribution is -2.38. The summed E-state index contributed by atoms with van der Waals surface area (Å²) in [5.41, 5.74) is -0.225. The molecule has 0 saturated carbocycles. The molecule has 5 nitrogen and oxygen atoms in total. The molecule has 1 aromatic heterocycles. The molecule has 0 saturated heterocycles. The number of nitrogens with one attached hydrogen (secondary N) is 2. The van der Waals surface area contributed by atoms with Gasteiger partial charge in [-0.25, -0.2) is 0 Å². The summed E-state index contributed by atoms with van der Waals surface area (Å²) >= 11 is 9.17. The number of carbonyl (C=O) groups excluding carboxylic acids is 1. The number of aromatic nitrogens is 1. The summed E-state index contributed by atoms with van der Waals surface area (Å²) in [5, 5.41) is 3.12. The van der Waals surface area contributed by atoms with Gasteiger partial charge in [-0.3, -0.25) is 9.59 Å². The minimum absolute atomic E-state index is 0.0970. The van der Waals surface area contributed by atoms with Gasteiger partial charge in [0, 0.05) is 15.7 Å². The molecule has 1 unspecified atom stereocenters. The molecule has 0 radical (unpaired) electrons. The molecule has 7 heteroatoms. The van der Waals surface area contributed by atoms with Crippen molar-refractivity contribution < 1.29 is 9.53 Å². The van der Waals surface area contributed by atoms with Gasteiger partial charge in [0.05, 0.1) is 0 Å². The summed E-state index contributed by atoms with van der Waals surface area (Å²) in [4.78, 5) is 26.7. The number of ether oxygens (including phenoxy) is 1. The summed E-state index contributed by atoms with van der Waals surface area (Å²) in [5.74, 6) is -0.00158. The average molecular weight is 400 g/mol. The molecule has 0 fully saturated rings. The lowest BCUT2D eigenvalue weighted by atomic mass is 10.1. The normalized spacial score (nSPS) is 12.0. The zero-order valence-electron chi connectivity index (χ0n) is 12.6. The highest BCUT2D eigenvalue weighted by molar-refractivity contribution is 9.10. The van der Waals surface area contributed by atoms with Gasteiger partial charge in [-0.1, -0.05) is 31.5 Å². The molecule has 1 heterocycles. The summed E-state index contributed by atoms with van der Waals surface area (Å²) in [6.45, 7) is 3.72. The second-order valence-electron chi connectivity index (χ2n) is 5.29. The van der Waals surface area contributed by atoms with E-state index in [1.807, 2.05) is 13.8 Å². The Bertz CT molecular complexity index is 761. The van der Waals surface area contributed by atoms with Crippen molar-refractivity contribution in [2.75, 3.05) is 5.32 Å². The number of aromatic amines is 1. The number of H-pyrrole nitrogens is 1. The maximum Gasteiger partial charge on any atom is 0.271 e. The number of pyridine rings is 1. The van der Waals surface area contributed by atoms with Gasteiger partial charge in [0.2, 0.25) is 0 Å². The summed E-state index contributed by atoms with van der Waals surface area (Å²) in [7, 11) is 0. The van der Waals surface area contributed by atoms with Crippen LogP contribution >= 0.6 is 27.5 Å². The van der Waals surface area contributed by atoms with Crippen molar-refractivity contribution in [1.29, 1.82) is 0 Å². The summed E-state index contributed by atoms with van der Waals surface area (Å²) in [6.07, 6.45) is 0.743. The van der Waals surface area contributed by atoms with E-state index in [2.05, 4.69) is 26.2 Å². The molecule has 2 aromatic rings. The first-order valence-electron chi connectivity index (χ1n) is 6.98. The Morgan fingerprint density at radius 3 is 2.74 bits per heavy atom. The zero-order chi connectivity index (χ0) is 17.0. The molecular formula is C16H16BrClN2O3. The van der Waals surface area contributed by atoms with Crippen LogP contribution in [0.1, 0.15) is 13.8 Å². The van der Waals surface area contributed by atoms with Crippen LogP contribution in [0.15, 0.2) is 45.8 Å². The van der Waals surface area contributed by atoms with E-state index in [9.17, 15) is 9.59 Å². The molecule has 0 spiro atoms. The zero-order valence-corrected chi connectivity index (χ0v) is 14.9. The fraction of sp³-hybridized carbons (Fsp3) is 0.250. The van der Waals surface area contributed by atoms with Gasteiger partial charge >= 0.3 is 0 Å². The Hall–Kier alpha value is -1.79. The van der Waals surface area contributed by atoms with E-state index in [1.165, 1.54) is 12.3 Å². The van der Waals surface area contributed by atoms with Gasteiger partial charge in [-0.05, 0) is 46.1 Å². The minimum atomic E-state index is -0.758. The van der Waals surface area contributed by atoms with Crippen LogP contribution in [-0.2, 0) is 4.79 Å². The van der Waals surface area contributed by atoms with Gasteiger partial charge in [0.25, 0.3) is 11.5 Å². The molecule has 0 aliphatic heterocycles. The molecule has 2 N–H and O–H groups in total. The van der Waals surface area contributed by atoms with Gasteiger partial charge in [0.1, 0.15) is 11.4 Å². The maximum atomic E-state index is 12.5. The topological polar surface area (TPSA) is 71.2 Å². The Balaban J connectivity index is 2.18. The molecule has 1 aromatic carbocycles. The number of anilines is 1. The molecule has 0 bridgehead atoms. The number of benzene rings is 1. The number of hydrogen-bond acceptors (Lipinski definition) is 3. The highest BCUT2D eigenvalue weighted by atomic mass is 79.9. The molecule has 23 heavy (non-hydrogen) atoms. The van der Waals surface area contributed by atoms with Crippen molar-refractivity contribution in [3.05, 3.63) is 56.4 Å². The van der Waals surface area contributed by atoms with Crippen LogP contribution in [0.2, 0.25) is 5.02 Å². The number of halogens is 2. The Kier molecular flexibility index (Phi) is 5.85.